The number of aryl methyl sites for hydroxylation is 1. The van der Waals surface area contributed by atoms with Gasteiger partial charge in [0, 0.05) is 18.0 Å². The maximum atomic E-state index is 11.8. The molecule has 1 amide bonds. The average molecular weight is 227 g/mol. The van der Waals surface area contributed by atoms with Gasteiger partial charge in [-0.2, -0.15) is 11.3 Å². The monoisotopic (exact) mass is 227 g/mol. The molecule has 84 valence electrons. The summed E-state index contributed by atoms with van der Waals surface area (Å²) >= 11 is 1.53. The molecule has 0 aliphatic heterocycles. The zero-order chi connectivity index (χ0) is 11.4. The van der Waals surface area contributed by atoms with Gasteiger partial charge in [0.1, 0.15) is 0 Å². The third-order valence-electron chi connectivity index (χ3n) is 2.60. The van der Waals surface area contributed by atoms with Gasteiger partial charge in [0.2, 0.25) is 0 Å². The Bertz CT molecular complexity index is 335. The van der Waals surface area contributed by atoms with E-state index in [1.54, 1.807) is 0 Å². The fourth-order valence-corrected chi connectivity index (χ4v) is 2.01. The number of nitrogens with one attached hydrogen (secondary N) is 1. The van der Waals surface area contributed by atoms with Crippen molar-refractivity contribution in [2.75, 3.05) is 6.61 Å². The molecular weight excluding hydrogens is 210 g/mol. The average Bonchev–Trinajstić information content (AvgIpc) is 2.63. The van der Waals surface area contributed by atoms with Crippen molar-refractivity contribution in [2.24, 2.45) is 5.92 Å². The molecular formula is C11H17NO2S. The molecule has 0 spiro atoms. The highest BCUT2D eigenvalue weighted by atomic mass is 32.1. The Kier molecular flexibility index (Phi) is 4.29. The Morgan fingerprint density at radius 1 is 1.53 bits per heavy atom. The summed E-state index contributed by atoms with van der Waals surface area (Å²) in [5.41, 5.74) is 1.73. The third kappa shape index (κ3) is 3.04. The van der Waals surface area contributed by atoms with Gasteiger partial charge in [-0.3, -0.25) is 4.79 Å². The molecule has 0 aliphatic carbocycles. The maximum Gasteiger partial charge on any atom is 0.252 e. The molecule has 0 saturated carbocycles. The first-order chi connectivity index (χ1) is 7.06. The number of carbonyl (C=O) groups excluding carboxylic acids is 1. The second-order valence-corrected chi connectivity index (χ2v) is 4.63. The minimum absolute atomic E-state index is 0.0122. The summed E-state index contributed by atoms with van der Waals surface area (Å²) in [5, 5.41) is 15.6. The molecule has 2 atom stereocenters. The maximum absolute atomic E-state index is 11.8. The number of carbonyl (C=O) groups is 1. The molecule has 0 fully saturated rings. The van der Waals surface area contributed by atoms with E-state index in [2.05, 4.69) is 5.32 Å². The molecule has 0 aliphatic rings. The van der Waals surface area contributed by atoms with Crippen LogP contribution in [0.25, 0.3) is 0 Å². The number of rotatable bonds is 4. The van der Waals surface area contributed by atoms with Crippen LogP contribution in [0.4, 0.5) is 0 Å². The number of hydrogen-bond acceptors (Lipinski definition) is 3. The van der Waals surface area contributed by atoms with Gasteiger partial charge in [-0.05, 0) is 30.7 Å². The van der Waals surface area contributed by atoms with Crippen LogP contribution in [0, 0.1) is 12.8 Å². The van der Waals surface area contributed by atoms with Crippen molar-refractivity contribution in [3.8, 4) is 0 Å². The predicted molar refractivity (Wildman–Crippen MR) is 62.2 cm³/mol. The van der Waals surface area contributed by atoms with E-state index in [1.807, 2.05) is 31.5 Å². The molecule has 0 radical (unpaired) electrons. The van der Waals surface area contributed by atoms with E-state index >= 15 is 0 Å². The van der Waals surface area contributed by atoms with Crippen molar-refractivity contribution < 1.29 is 9.90 Å². The van der Waals surface area contributed by atoms with Crippen molar-refractivity contribution in [2.45, 2.75) is 26.8 Å². The molecule has 0 saturated heterocycles. The lowest BCUT2D eigenvalue weighted by Gasteiger charge is -2.19. The molecule has 1 aromatic rings. The topological polar surface area (TPSA) is 49.3 Å². The molecule has 1 aromatic heterocycles. The van der Waals surface area contributed by atoms with Crippen molar-refractivity contribution in [3.05, 3.63) is 21.9 Å². The van der Waals surface area contributed by atoms with E-state index in [0.717, 1.165) is 11.1 Å². The van der Waals surface area contributed by atoms with Gasteiger partial charge in [0.05, 0.1) is 5.56 Å². The Labute approximate surface area is 94.1 Å². The highest BCUT2D eigenvalue weighted by Crippen LogP contribution is 2.14. The summed E-state index contributed by atoms with van der Waals surface area (Å²) in [6.45, 7) is 5.82. The van der Waals surface area contributed by atoms with Gasteiger partial charge in [-0.1, -0.05) is 6.92 Å². The van der Waals surface area contributed by atoms with Crippen LogP contribution in [-0.2, 0) is 0 Å². The van der Waals surface area contributed by atoms with E-state index in [-0.39, 0.29) is 24.5 Å². The highest BCUT2D eigenvalue weighted by molar-refractivity contribution is 7.08. The molecule has 1 rings (SSSR count). The van der Waals surface area contributed by atoms with Gasteiger partial charge in [0.15, 0.2) is 0 Å². The Hall–Kier alpha value is -0.870. The van der Waals surface area contributed by atoms with Gasteiger partial charge >= 0.3 is 0 Å². The van der Waals surface area contributed by atoms with Crippen molar-refractivity contribution in [3.63, 3.8) is 0 Å². The van der Waals surface area contributed by atoms with Crippen molar-refractivity contribution in [1.29, 1.82) is 0 Å². The normalized spacial score (nSPS) is 14.7. The minimum Gasteiger partial charge on any atom is -0.396 e. The molecule has 3 nitrogen and oxygen atoms in total. The van der Waals surface area contributed by atoms with Crippen LogP contribution in [0.3, 0.4) is 0 Å². The van der Waals surface area contributed by atoms with E-state index < -0.39 is 0 Å². The summed E-state index contributed by atoms with van der Waals surface area (Å²) in [5.74, 6) is 0.0226. The largest absolute Gasteiger partial charge is 0.396 e. The summed E-state index contributed by atoms with van der Waals surface area (Å²) in [7, 11) is 0. The van der Waals surface area contributed by atoms with Gasteiger partial charge in [-0.25, -0.2) is 0 Å². The minimum atomic E-state index is -0.0541. The van der Waals surface area contributed by atoms with Crippen LogP contribution in [0.5, 0.6) is 0 Å². The standard InChI is InChI=1S/C11H17NO2S/c1-7(4-13)9(3)12-11(14)10-6-15-5-8(10)2/h5-7,9,13H,4H2,1-3H3,(H,12,14). The second-order valence-electron chi connectivity index (χ2n) is 3.89. The lowest BCUT2D eigenvalue weighted by molar-refractivity contribution is 0.0916. The first-order valence-corrected chi connectivity index (χ1v) is 5.95. The molecule has 0 aromatic carbocycles. The number of thiophene rings is 1. The highest BCUT2D eigenvalue weighted by Gasteiger charge is 2.16. The van der Waals surface area contributed by atoms with Crippen LogP contribution in [0.2, 0.25) is 0 Å². The summed E-state index contributed by atoms with van der Waals surface area (Å²) < 4.78 is 0. The SMILES string of the molecule is Cc1cscc1C(=O)NC(C)C(C)CO. The van der Waals surface area contributed by atoms with Crippen LogP contribution in [0.1, 0.15) is 29.8 Å². The van der Waals surface area contributed by atoms with E-state index in [0.29, 0.717) is 0 Å². The van der Waals surface area contributed by atoms with E-state index in [4.69, 9.17) is 5.11 Å². The second kappa shape index (κ2) is 5.28. The van der Waals surface area contributed by atoms with E-state index in [1.165, 1.54) is 11.3 Å². The smallest absolute Gasteiger partial charge is 0.252 e. The Balaban J connectivity index is 2.60. The van der Waals surface area contributed by atoms with Crippen LogP contribution in [0.15, 0.2) is 10.8 Å². The van der Waals surface area contributed by atoms with Gasteiger partial charge in [-0.15, -0.1) is 0 Å². The number of aliphatic hydroxyl groups excluding tert-OH is 1. The number of hydrogen-bond donors (Lipinski definition) is 2. The first kappa shape index (κ1) is 12.2. The summed E-state index contributed by atoms with van der Waals surface area (Å²) in [4.78, 5) is 11.8. The Morgan fingerprint density at radius 3 is 2.67 bits per heavy atom. The van der Waals surface area contributed by atoms with Crippen LogP contribution < -0.4 is 5.32 Å². The van der Waals surface area contributed by atoms with Crippen LogP contribution in [-0.4, -0.2) is 23.7 Å². The molecule has 0 bridgehead atoms. The predicted octanol–water partition coefficient (Wildman–Crippen LogP) is 1.80. The third-order valence-corrected chi connectivity index (χ3v) is 3.46. The van der Waals surface area contributed by atoms with Crippen LogP contribution >= 0.6 is 11.3 Å². The summed E-state index contributed by atoms with van der Waals surface area (Å²) in [6.07, 6.45) is 0. The molecule has 4 heteroatoms. The van der Waals surface area contributed by atoms with Gasteiger partial charge in [0.25, 0.3) is 5.91 Å². The van der Waals surface area contributed by atoms with E-state index in [9.17, 15) is 4.79 Å². The lowest BCUT2D eigenvalue weighted by atomic mass is 10.0. The molecule has 2 N–H and O–H groups in total. The number of aliphatic hydroxyl groups is 1. The molecule has 1 heterocycles. The Morgan fingerprint density at radius 2 is 2.20 bits per heavy atom. The lowest BCUT2D eigenvalue weighted by Crippen LogP contribution is -2.38. The zero-order valence-corrected chi connectivity index (χ0v) is 10.1. The van der Waals surface area contributed by atoms with Crippen molar-refractivity contribution >= 4 is 17.2 Å². The molecule has 15 heavy (non-hydrogen) atoms. The quantitative estimate of drug-likeness (QED) is 0.824. The fraction of sp³-hybridized carbons (Fsp3) is 0.545. The summed E-state index contributed by atoms with van der Waals surface area (Å²) in [6, 6.07) is -0.0122. The molecule has 2 unspecified atom stereocenters. The fourth-order valence-electron chi connectivity index (χ4n) is 1.18. The zero-order valence-electron chi connectivity index (χ0n) is 9.28. The van der Waals surface area contributed by atoms with Gasteiger partial charge < -0.3 is 10.4 Å². The number of amides is 1. The van der Waals surface area contributed by atoms with Crippen molar-refractivity contribution in [1.82, 2.24) is 5.32 Å². The first-order valence-electron chi connectivity index (χ1n) is 5.00.